The van der Waals surface area contributed by atoms with Crippen LogP contribution >= 0.6 is 0 Å². The van der Waals surface area contributed by atoms with Gasteiger partial charge in [0.15, 0.2) is 5.78 Å². The molecule has 32 heavy (non-hydrogen) atoms. The molecule has 1 saturated heterocycles. The number of methoxy groups -OCH3 is 1. The van der Waals surface area contributed by atoms with Gasteiger partial charge in [0.1, 0.15) is 11.4 Å². The van der Waals surface area contributed by atoms with Crippen molar-refractivity contribution in [1.29, 1.82) is 0 Å². The van der Waals surface area contributed by atoms with Crippen LogP contribution in [0.4, 0.5) is 0 Å². The van der Waals surface area contributed by atoms with Crippen LogP contribution in [0.25, 0.3) is 0 Å². The summed E-state index contributed by atoms with van der Waals surface area (Å²) in [5, 5.41) is 2.74. The number of benzene rings is 1. The minimum atomic E-state index is -0.682. The molecule has 0 aliphatic carbocycles. The average molecular weight is 449 g/mol. The molecule has 1 aliphatic rings. The summed E-state index contributed by atoms with van der Waals surface area (Å²) < 4.78 is 16.0. The predicted molar refractivity (Wildman–Crippen MR) is 121 cm³/mol. The van der Waals surface area contributed by atoms with Crippen LogP contribution < -0.4 is 10.1 Å². The highest BCUT2D eigenvalue weighted by Gasteiger charge is 2.27. The first kappa shape index (κ1) is 25.8. The highest BCUT2D eigenvalue weighted by Crippen LogP contribution is 2.21. The maximum Gasteiger partial charge on any atom is 0.309 e. The highest BCUT2D eigenvalue weighted by molar-refractivity contribution is 5.91. The smallest absolute Gasteiger partial charge is 0.309 e. The van der Waals surface area contributed by atoms with Crippen molar-refractivity contribution in [2.24, 2.45) is 5.92 Å². The molecular formula is C24H36N2O6. The Morgan fingerprint density at radius 1 is 1.12 bits per heavy atom. The number of amides is 1. The Labute approximate surface area is 190 Å². The molecule has 178 valence electrons. The van der Waals surface area contributed by atoms with Gasteiger partial charge in [0.2, 0.25) is 5.91 Å². The lowest BCUT2D eigenvalue weighted by Gasteiger charge is -2.26. The average Bonchev–Trinajstić information content (AvgIpc) is 2.73. The zero-order valence-electron chi connectivity index (χ0n) is 19.8. The Kier molecular flexibility index (Phi) is 9.65. The van der Waals surface area contributed by atoms with Gasteiger partial charge < -0.3 is 19.5 Å². The number of carbonyl (C=O) groups excluding carboxylic acids is 3. The number of esters is 1. The second-order valence-corrected chi connectivity index (χ2v) is 9.13. The van der Waals surface area contributed by atoms with E-state index in [4.69, 9.17) is 14.2 Å². The topological polar surface area (TPSA) is 94.2 Å². The highest BCUT2D eigenvalue weighted by atomic mass is 16.5. The minimum Gasteiger partial charge on any atom is -0.488 e. The summed E-state index contributed by atoms with van der Waals surface area (Å²) in [6.07, 6.45) is 0.356. The molecule has 2 atom stereocenters. The molecule has 1 heterocycles. The summed E-state index contributed by atoms with van der Waals surface area (Å²) >= 11 is 0. The van der Waals surface area contributed by atoms with Crippen LogP contribution in [0.5, 0.6) is 5.75 Å². The second-order valence-electron chi connectivity index (χ2n) is 9.13. The van der Waals surface area contributed by atoms with Gasteiger partial charge in [-0.3, -0.25) is 19.3 Å². The standard InChI is InChI=1S/C24H36N2O6/c1-17(25-22(28)16-26-10-12-31-13-11-26)21(27)15-19(23(29)30-5)14-18-6-8-20(9-7-18)32-24(2,3)4/h6-9,17,19H,10-16H2,1-5H3,(H,25,28)/t17-,19+/m0/s1. The zero-order chi connectivity index (χ0) is 23.7. The number of ether oxygens (including phenoxy) is 3. The van der Waals surface area contributed by atoms with Gasteiger partial charge >= 0.3 is 5.97 Å². The molecule has 0 aromatic heterocycles. The van der Waals surface area contributed by atoms with Crippen LogP contribution in [-0.2, 0) is 30.3 Å². The van der Waals surface area contributed by atoms with Gasteiger partial charge in [-0.05, 0) is 51.8 Å². The van der Waals surface area contributed by atoms with E-state index in [0.717, 1.165) is 11.3 Å². The van der Waals surface area contributed by atoms with Gasteiger partial charge in [-0.1, -0.05) is 12.1 Å². The molecule has 1 fully saturated rings. The number of hydrogen-bond acceptors (Lipinski definition) is 7. The predicted octanol–water partition coefficient (Wildman–Crippen LogP) is 1.99. The molecule has 1 amide bonds. The number of Topliss-reactive ketones (excluding diaryl/α,β-unsaturated/α-hetero) is 1. The molecule has 1 aromatic carbocycles. The maximum atomic E-state index is 12.7. The Hall–Kier alpha value is -2.45. The summed E-state index contributed by atoms with van der Waals surface area (Å²) in [6, 6.07) is 6.79. The number of rotatable bonds is 10. The van der Waals surface area contributed by atoms with Gasteiger partial charge in [-0.2, -0.15) is 0 Å². The molecular weight excluding hydrogens is 412 g/mol. The minimum absolute atomic E-state index is 0.00802. The van der Waals surface area contributed by atoms with Crippen molar-refractivity contribution in [2.75, 3.05) is 40.0 Å². The fourth-order valence-corrected chi connectivity index (χ4v) is 3.49. The normalized spacial score (nSPS) is 16.7. The Morgan fingerprint density at radius 2 is 1.75 bits per heavy atom. The third kappa shape index (κ3) is 8.96. The third-order valence-corrected chi connectivity index (χ3v) is 5.14. The summed E-state index contributed by atoms with van der Waals surface area (Å²) in [7, 11) is 1.31. The number of hydrogen-bond donors (Lipinski definition) is 1. The van der Waals surface area contributed by atoms with Gasteiger partial charge in [-0.25, -0.2) is 0 Å². The van der Waals surface area contributed by atoms with Crippen LogP contribution in [0, 0.1) is 5.92 Å². The van der Waals surface area contributed by atoms with E-state index in [1.54, 1.807) is 6.92 Å². The maximum absolute atomic E-state index is 12.7. The molecule has 0 bridgehead atoms. The number of carbonyl (C=O) groups is 3. The lowest BCUT2D eigenvalue weighted by molar-refractivity contribution is -0.147. The lowest BCUT2D eigenvalue weighted by atomic mass is 9.92. The molecule has 1 aromatic rings. The van der Waals surface area contributed by atoms with E-state index in [1.165, 1.54) is 7.11 Å². The molecule has 2 rings (SSSR count). The van der Waals surface area contributed by atoms with E-state index >= 15 is 0 Å². The lowest BCUT2D eigenvalue weighted by Crippen LogP contribution is -2.47. The van der Waals surface area contributed by atoms with E-state index in [0.29, 0.717) is 32.7 Å². The molecule has 1 N–H and O–H groups in total. The van der Waals surface area contributed by atoms with Crippen molar-refractivity contribution >= 4 is 17.7 Å². The number of nitrogens with one attached hydrogen (secondary N) is 1. The van der Waals surface area contributed by atoms with Crippen molar-refractivity contribution < 1.29 is 28.6 Å². The number of morpholine rings is 1. The Morgan fingerprint density at radius 3 is 2.31 bits per heavy atom. The van der Waals surface area contributed by atoms with Crippen LogP contribution in [0.2, 0.25) is 0 Å². The molecule has 0 spiro atoms. The first-order valence-electron chi connectivity index (χ1n) is 11.1. The molecule has 0 unspecified atom stereocenters. The van der Waals surface area contributed by atoms with E-state index < -0.39 is 17.9 Å². The van der Waals surface area contributed by atoms with E-state index in [9.17, 15) is 14.4 Å². The quantitative estimate of drug-likeness (QED) is 0.547. The largest absolute Gasteiger partial charge is 0.488 e. The van der Waals surface area contributed by atoms with Crippen molar-refractivity contribution in [3.63, 3.8) is 0 Å². The summed E-state index contributed by atoms with van der Waals surface area (Å²) in [4.78, 5) is 39.3. The third-order valence-electron chi connectivity index (χ3n) is 5.14. The molecule has 1 aliphatic heterocycles. The SMILES string of the molecule is COC(=O)[C@@H](CC(=O)[C@H](C)NC(=O)CN1CCOCC1)Cc1ccc(OC(C)(C)C)cc1. The van der Waals surface area contributed by atoms with E-state index in [-0.39, 0.29) is 30.3 Å². The van der Waals surface area contributed by atoms with E-state index in [1.807, 2.05) is 49.9 Å². The summed E-state index contributed by atoms with van der Waals surface area (Å²) in [6.45, 7) is 10.4. The van der Waals surface area contributed by atoms with Gasteiger partial charge in [0.05, 0.1) is 38.8 Å². The van der Waals surface area contributed by atoms with Gasteiger partial charge in [0.25, 0.3) is 0 Å². The molecule has 8 nitrogen and oxygen atoms in total. The Balaban J connectivity index is 1.92. The Bertz CT molecular complexity index is 766. The van der Waals surface area contributed by atoms with Crippen molar-refractivity contribution in [3.05, 3.63) is 29.8 Å². The van der Waals surface area contributed by atoms with Gasteiger partial charge in [-0.15, -0.1) is 0 Å². The number of ketones is 1. The molecule has 8 heteroatoms. The van der Waals surface area contributed by atoms with E-state index in [2.05, 4.69) is 5.32 Å². The molecule has 0 radical (unpaired) electrons. The van der Waals surface area contributed by atoms with Crippen LogP contribution in [0.3, 0.4) is 0 Å². The van der Waals surface area contributed by atoms with Crippen molar-refractivity contribution in [1.82, 2.24) is 10.2 Å². The fourth-order valence-electron chi connectivity index (χ4n) is 3.49. The fraction of sp³-hybridized carbons (Fsp3) is 0.625. The van der Waals surface area contributed by atoms with Crippen molar-refractivity contribution in [3.8, 4) is 5.75 Å². The van der Waals surface area contributed by atoms with Crippen molar-refractivity contribution in [2.45, 2.75) is 52.2 Å². The summed E-state index contributed by atoms with van der Waals surface area (Å²) in [5.41, 5.74) is 0.601. The molecule has 0 saturated carbocycles. The zero-order valence-corrected chi connectivity index (χ0v) is 19.8. The monoisotopic (exact) mass is 448 g/mol. The van der Waals surface area contributed by atoms with Crippen LogP contribution in [0.1, 0.15) is 39.7 Å². The first-order chi connectivity index (χ1) is 15.1. The first-order valence-corrected chi connectivity index (χ1v) is 11.1. The van der Waals surface area contributed by atoms with Crippen LogP contribution in [0.15, 0.2) is 24.3 Å². The van der Waals surface area contributed by atoms with Crippen LogP contribution in [-0.4, -0.2) is 74.2 Å². The summed E-state index contributed by atoms with van der Waals surface area (Å²) in [5.74, 6) is -0.746. The van der Waals surface area contributed by atoms with Gasteiger partial charge in [0, 0.05) is 19.5 Å². The second kappa shape index (κ2) is 12.0. The number of nitrogens with zero attached hydrogens (tertiary/aromatic N) is 1.